The molecule has 0 atom stereocenters. The Morgan fingerprint density at radius 3 is 2.74 bits per heavy atom. The highest BCUT2D eigenvalue weighted by molar-refractivity contribution is 14.0. The predicted octanol–water partition coefficient (Wildman–Crippen LogP) is 2.40. The molecule has 0 unspecified atom stereocenters. The lowest BCUT2D eigenvalue weighted by Crippen LogP contribution is -2.46. The van der Waals surface area contributed by atoms with Crippen LogP contribution in [0.2, 0.25) is 0 Å². The molecule has 1 aromatic rings. The number of para-hydroxylation sites is 1. The molecule has 1 fully saturated rings. The molecule has 2 aliphatic rings. The van der Waals surface area contributed by atoms with Gasteiger partial charge < -0.3 is 20.2 Å². The van der Waals surface area contributed by atoms with E-state index >= 15 is 0 Å². The summed E-state index contributed by atoms with van der Waals surface area (Å²) in [4.78, 5) is 21.3. The molecule has 2 N–H and O–H groups in total. The summed E-state index contributed by atoms with van der Waals surface area (Å²) in [6, 6.07) is 8.16. The molecule has 7 heteroatoms. The fraction of sp³-hybridized carbons (Fsp3) is 0.600. The highest BCUT2D eigenvalue weighted by Crippen LogP contribution is 2.28. The Morgan fingerprint density at radius 1 is 1.26 bits per heavy atom. The molecule has 2 aliphatic heterocycles. The van der Waals surface area contributed by atoms with Gasteiger partial charge in [0.1, 0.15) is 0 Å². The zero-order valence-corrected chi connectivity index (χ0v) is 18.4. The van der Waals surface area contributed by atoms with Gasteiger partial charge in [-0.1, -0.05) is 18.2 Å². The van der Waals surface area contributed by atoms with Crippen LogP contribution in [0, 0.1) is 0 Å². The molecule has 150 valence electrons. The first-order chi connectivity index (χ1) is 12.7. The van der Waals surface area contributed by atoms with Gasteiger partial charge in [0.05, 0.1) is 6.10 Å². The van der Waals surface area contributed by atoms with Crippen LogP contribution in [0.25, 0.3) is 0 Å². The lowest BCUT2D eigenvalue weighted by Gasteiger charge is -2.32. The van der Waals surface area contributed by atoms with Crippen molar-refractivity contribution < 1.29 is 9.90 Å². The second-order valence-electron chi connectivity index (χ2n) is 6.98. The number of hydrogen-bond donors (Lipinski definition) is 2. The van der Waals surface area contributed by atoms with Gasteiger partial charge in [-0.25, -0.2) is 0 Å². The Morgan fingerprint density at radius 2 is 2.00 bits per heavy atom. The number of aliphatic hydroxyl groups excluding tert-OH is 1. The van der Waals surface area contributed by atoms with E-state index in [0.717, 1.165) is 63.5 Å². The largest absolute Gasteiger partial charge is 0.393 e. The number of guanidine groups is 1. The molecule has 0 aliphatic carbocycles. The van der Waals surface area contributed by atoms with Crippen LogP contribution < -0.4 is 10.2 Å². The molecule has 3 rings (SSSR count). The number of benzene rings is 1. The maximum absolute atomic E-state index is 12.5. The molecule has 0 radical (unpaired) electrons. The summed E-state index contributed by atoms with van der Waals surface area (Å²) in [5, 5.41) is 13.0. The Bertz CT molecular complexity index is 645. The van der Waals surface area contributed by atoms with Crippen LogP contribution in [0.1, 0.15) is 38.2 Å². The fourth-order valence-corrected chi connectivity index (χ4v) is 3.65. The lowest BCUT2D eigenvalue weighted by atomic mass is 10.1. The number of aliphatic imine (C=N–C) groups is 1. The van der Waals surface area contributed by atoms with Gasteiger partial charge >= 0.3 is 0 Å². The molecular weight excluding hydrogens is 455 g/mol. The minimum Gasteiger partial charge on any atom is -0.393 e. The van der Waals surface area contributed by atoms with Crippen LogP contribution in [-0.2, 0) is 11.2 Å². The van der Waals surface area contributed by atoms with Crippen molar-refractivity contribution in [2.24, 2.45) is 4.99 Å². The number of amides is 1. The molecule has 1 saturated heterocycles. The van der Waals surface area contributed by atoms with Crippen LogP contribution in [0.4, 0.5) is 5.69 Å². The molecule has 0 saturated carbocycles. The van der Waals surface area contributed by atoms with Crippen molar-refractivity contribution in [2.75, 3.05) is 37.6 Å². The molecular formula is C20H31IN4O2. The molecule has 27 heavy (non-hydrogen) atoms. The number of carbonyl (C=O) groups is 1. The number of nitrogens with one attached hydrogen (secondary N) is 1. The fourth-order valence-electron chi connectivity index (χ4n) is 3.65. The van der Waals surface area contributed by atoms with Gasteiger partial charge in [0.25, 0.3) is 0 Å². The first kappa shape index (κ1) is 21.9. The third-order valence-electron chi connectivity index (χ3n) is 5.10. The average Bonchev–Trinajstić information content (AvgIpc) is 3.09. The van der Waals surface area contributed by atoms with Crippen molar-refractivity contribution in [3.05, 3.63) is 29.8 Å². The zero-order chi connectivity index (χ0) is 18.4. The van der Waals surface area contributed by atoms with Crippen LogP contribution in [-0.4, -0.2) is 60.7 Å². The summed E-state index contributed by atoms with van der Waals surface area (Å²) in [6.07, 6.45) is 3.62. The minimum atomic E-state index is -0.185. The number of aliphatic hydroxyl groups is 1. The lowest BCUT2D eigenvalue weighted by molar-refractivity contribution is -0.118. The van der Waals surface area contributed by atoms with E-state index in [-0.39, 0.29) is 36.0 Å². The van der Waals surface area contributed by atoms with E-state index in [0.29, 0.717) is 13.0 Å². The number of piperidine rings is 1. The quantitative estimate of drug-likeness (QED) is 0.291. The maximum Gasteiger partial charge on any atom is 0.227 e. The SMILES string of the molecule is CCNC(=NCCCC(=O)N1CCc2ccccc21)N1CCC(O)CC1.I. The predicted molar refractivity (Wildman–Crippen MR) is 120 cm³/mol. The van der Waals surface area contributed by atoms with E-state index < -0.39 is 0 Å². The molecule has 1 aromatic carbocycles. The summed E-state index contributed by atoms with van der Waals surface area (Å²) in [5.41, 5.74) is 2.34. The normalized spacial score (nSPS) is 17.5. The monoisotopic (exact) mass is 486 g/mol. The van der Waals surface area contributed by atoms with Crippen molar-refractivity contribution in [1.29, 1.82) is 0 Å². The van der Waals surface area contributed by atoms with Gasteiger partial charge in [-0.3, -0.25) is 9.79 Å². The third kappa shape index (κ3) is 5.81. The van der Waals surface area contributed by atoms with Gasteiger partial charge in [-0.15, -0.1) is 24.0 Å². The maximum atomic E-state index is 12.5. The first-order valence-electron chi connectivity index (χ1n) is 9.78. The van der Waals surface area contributed by atoms with Crippen LogP contribution in [0.3, 0.4) is 0 Å². The number of hydrogen-bond acceptors (Lipinski definition) is 3. The van der Waals surface area contributed by atoms with E-state index in [9.17, 15) is 9.90 Å². The minimum absolute atomic E-state index is 0. The number of likely N-dealkylation sites (tertiary alicyclic amines) is 1. The Hall–Kier alpha value is -1.35. The molecule has 0 bridgehead atoms. The van der Waals surface area contributed by atoms with Crippen molar-refractivity contribution in [3.63, 3.8) is 0 Å². The summed E-state index contributed by atoms with van der Waals surface area (Å²) in [5.74, 6) is 1.09. The summed E-state index contributed by atoms with van der Waals surface area (Å²) in [6.45, 7) is 5.97. The van der Waals surface area contributed by atoms with E-state index in [4.69, 9.17) is 0 Å². The summed E-state index contributed by atoms with van der Waals surface area (Å²) < 4.78 is 0. The van der Waals surface area contributed by atoms with E-state index in [1.165, 1.54) is 5.56 Å². The zero-order valence-electron chi connectivity index (χ0n) is 16.1. The molecule has 2 heterocycles. The van der Waals surface area contributed by atoms with Crippen molar-refractivity contribution in [1.82, 2.24) is 10.2 Å². The Balaban J connectivity index is 0.00000261. The second kappa shape index (κ2) is 10.8. The third-order valence-corrected chi connectivity index (χ3v) is 5.10. The van der Waals surface area contributed by atoms with Gasteiger partial charge in [-0.05, 0) is 44.2 Å². The number of fused-ring (bicyclic) bond motifs is 1. The van der Waals surface area contributed by atoms with E-state index in [1.54, 1.807) is 0 Å². The van der Waals surface area contributed by atoms with Crippen LogP contribution >= 0.6 is 24.0 Å². The Kier molecular flexibility index (Phi) is 8.82. The number of nitrogens with zero attached hydrogens (tertiary/aromatic N) is 3. The van der Waals surface area contributed by atoms with E-state index in [1.807, 2.05) is 23.1 Å². The highest BCUT2D eigenvalue weighted by Gasteiger charge is 2.23. The number of halogens is 1. The molecule has 0 spiro atoms. The van der Waals surface area contributed by atoms with Crippen LogP contribution in [0.5, 0.6) is 0 Å². The van der Waals surface area contributed by atoms with Gasteiger partial charge in [0.2, 0.25) is 5.91 Å². The van der Waals surface area contributed by atoms with Crippen molar-refractivity contribution >= 4 is 41.5 Å². The number of anilines is 1. The average molecular weight is 486 g/mol. The Labute approximate surface area is 179 Å². The number of carbonyl (C=O) groups excluding carboxylic acids is 1. The molecule has 0 aromatic heterocycles. The van der Waals surface area contributed by atoms with Gasteiger partial charge in [0.15, 0.2) is 5.96 Å². The first-order valence-corrected chi connectivity index (χ1v) is 9.78. The van der Waals surface area contributed by atoms with Gasteiger partial charge in [-0.2, -0.15) is 0 Å². The topological polar surface area (TPSA) is 68.2 Å². The van der Waals surface area contributed by atoms with Crippen molar-refractivity contribution in [3.8, 4) is 0 Å². The van der Waals surface area contributed by atoms with Crippen molar-refractivity contribution in [2.45, 2.75) is 45.1 Å². The highest BCUT2D eigenvalue weighted by atomic mass is 127. The standard InChI is InChI=1S/C20H30N4O2.HI/c1-2-21-20(23-13-10-17(25)11-14-23)22-12-5-8-19(26)24-15-9-16-6-3-4-7-18(16)24;/h3-4,6-7,17,25H,2,5,8-15H2,1H3,(H,21,22);1H. The summed E-state index contributed by atoms with van der Waals surface area (Å²) in [7, 11) is 0. The smallest absolute Gasteiger partial charge is 0.227 e. The molecule has 1 amide bonds. The number of rotatable bonds is 5. The van der Waals surface area contributed by atoms with E-state index in [2.05, 4.69) is 28.2 Å². The molecule has 6 nitrogen and oxygen atoms in total. The second-order valence-corrected chi connectivity index (χ2v) is 6.98. The summed E-state index contributed by atoms with van der Waals surface area (Å²) >= 11 is 0. The van der Waals surface area contributed by atoms with Crippen LogP contribution in [0.15, 0.2) is 29.3 Å². The van der Waals surface area contributed by atoms with Gasteiger partial charge in [0, 0.05) is 44.8 Å².